The maximum atomic E-state index is 5.87. The molecule has 3 rings (SSSR count). The predicted octanol–water partition coefficient (Wildman–Crippen LogP) is 2.15. The largest absolute Gasteiger partial charge is 0.472 e. The van der Waals surface area contributed by atoms with Gasteiger partial charge in [0.15, 0.2) is 5.82 Å². The second-order valence-electron chi connectivity index (χ2n) is 5.18. The highest BCUT2D eigenvalue weighted by molar-refractivity contribution is 5.05. The number of nitrogens with zero attached hydrogens (tertiary/aromatic N) is 3. The monoisotopic (exact) mass is 277 g/mol. The number of ether oxygens (including phenoxy) is 1. The van der Waals surface area contributed by atoms with Crippen molar-refractivity contribution in [1.29, 1.82) is 0 Å². The summed E-state index contributed by atoms with van der Waals surface area (Å²) in [6.45, 7) is 5.14. The van der Waals surface area contributed by atoms with Gasteiger partial charge in [-0.15, -0.1) is 0 Å². The van der Waals surface area contributed by atoms with E-state index in [2.05, 4.69) is 15.0 Å². The minimum Gasteiger partial charge on any atom is -0.472 e. The Morgan fingerprint density at radius 3 is 3.20 bits per heavy atom. The van der Waals surface area contributed by atoms with E-state index >= 15 is 0 Å². The van der Waals surface area contributed by atoms with Gasteiger partial charge < -0.3 is 13.7 Å². The molecule has 0 bridgehead atoms. The van der Waals surface area contributed by atoms with Crippen molar-refractivity contribution >= 4 is 0 Å². The number of piperidine rings is 1. The number of likely N-dealkylation sites (tertiary alicyclic amines) is 1. The molecule has 1 unspecified atom stereocenters. The minimum atomic E-state index is 0.225. The molecular formula is C14H19N3O3. The Hall–Kier alpha value is -1.66. The van der Waals surface area contributed by atoms with Gasteiger partial charge >= 0.3 is 0 Å². The van der Waals surface area contributed by atoms with Gasteiger partial charge in [-0.05, 0) is 32.4 Å². The molecule has 108 valence electrons. The molecule has 0 aromatic carbocycles. The molecule has 1 aliphatic rings. The van der Waals surface area contributed by atoms with Crippen LogP contribution < -0.4 is 0 Å². The molecule has 0 radical (unpaired) electrons. The Labute approximate surface area is 117 Å². The van der Waals surface area contributed by atoms with Gasteiger partial charge in [-0.25, -0.2) is 0 Å². The first kappa shape index (κ1) is 13.3. The van der Waals surface area contributed by atoms with Gasteiger partial charge in [-0.3, -0.25) is 4.90 Å². The summed E-state index contributed by atoms with van der Waals surface area (Å²) in [6.07, 6.45) is 5.96. The van der Waals surface area contributed by atoms with Crippen LogP contribution in [0.5, 0.6) is 0 Å². The normalized spacial score (nSPS) is 20.4. The van der Waals surface area contributed by atoms with Crippen LogP contribution in [0.25, 0.3) is 0 Å². The Morgan fingerprint density at radius 2 is 2.45 bits per heavy atom. The second kappa shape index (κ2) is 6.19. The van der Waals surface area contributed by atoms with Gasteiger partial charge in [-0.1, -0.05) is 5.16 Å². The quantitative estimate of drug-likeness (QED) is 0.834. The van der Waals surface area contributed by atoms with Crippen molar-refractivity contribution in [2.75, 3.05) is 13.1 Å². The van der Waals surface area contributed by atoms with Crippen molar-refractivity contribution in [2.45, 2.75) is 39.0 Å². The Kier molecular flexibility index (Phi) is 4.13. The summed E-state index contributed by atoms with van der Waals surface area (Å²) >= 11 is 0. The van der Waals surface area contributed by atoms with E-state index in [1.165, 1.54) is 5.56 Å². The summed E-state index contributed by atoms with van der Waals surface area (Å²) in [5.74, 6) is 1.20. The lowest BCUT2D eigenvalue weighted by Gasteiger charge is -2.32. The maximum Gasteiger partial charge on any atom is 0.252 e. The summed E-state index contributed by atoms with van der Waals surface area (Å²) in [4.78, 5) is 6.53. The number of aryl methyl sites for hydroxylation is 1. The van der Waals surface area contributed by atoms with Crippen molar-refractivity contribution in [3.63, 3.8) is 0 Å². The molecule has 1 aliphatic heterocycles. The molecule has 1 atom stereocenters. The topological polar surface area (TPSA) is 64.5 Å². The molecule has 0 spiro atoms. The smallest absolute Gasteiger partial charge is 0.252 e. The summed E-state index contributed by atoms with van der Waals surface area (Å²) < 4.78 is 16.0. The summed E-state index contributed by atoms with van der Waals surface area (Å²) in [7, 11) is 0. The van der Waals surface area contributed by atoms with Crippen molar-refractivity contribution in [3.05, 3.63) is 35.9 Å². The zero-order chi connectivity index (χ0) is 13.8. The number of aromatic nitrogens is 2. The highest BCUT2D eigenvalue weighted by atomic mass is 16.5. The fraction of sp³-hybridized carbons (Fsp3) is 0.571. The summed E-state index contributed by atoms with van der Waals surface area (Å²) in [6, 6.07) is 2.01. The first-order valence-corrected chi connectivity index (χ1v) is 6.94. The predicted molar refractivity (Wildman–Crippen MR) is 70.8 cm³/mol. The molecule has 6 nitrogen and oxygen atoms in total. The molecular weight excluding hydrogens is 258 g/mol. The molecule has 1 saturated heterocycles. The summed E-state index contributed by atoms with van der Waals surface area (Å²) in [5, 5.41) is 3.76. The number of hydrogen-bond acceptors (Lipinski definition) is 6. The average molecular weight is 277 g/mol. The highest BCUT2D eigenvalue weighted by Crippen LogP contribution is 2.17. The molecule has 0 N–H and O–H groups in total. The number of hydrogen-bond donors (Lipinski definition) is 0. The van der Waals surface area contributed by atoms with Crippen LogP contribution in [-0.2, 0) is 17.9 Å². The number of furan rings is 1. The third-order valence-corrected chi connectivity index (χ3v) is 3.46. The Balaban J connectivity index is 1.47. The van der Waals surface area contributed by atoms with Crippen LogP contribution in [0.3, 0.4) is 0 Å². The van der Waals surface area contributed by atoms with Crippen LogP contribution in [-0.4, -0.2) is 34.2 Å². The number of rotatable bonds is 5. The van der Waals surface area contributed by atoms with Crippen molar-refractivity contribution in [3.8, 4) is 0 Å². The standard InChI is InChI=1S/C14H19N3O3/c1-11-15-14(20-16-11)10-19-13-3-2-5-17(8-13)7-12-4-6-18-9-12/h4,6,9,13H,2-3,5,7-8,10H2,1H3. The van der Waals surface area contributed by atoms with E-state index in [0.717, 1.165) is 32.5 Å². The van der Waals surface area contributed by atoms with E-state index in [9.17, 15) is 0 Å². The third kappa shape index (κ3) is 3.46. The van der Waals surface area contributed by atoms with E-state index in [1.54, 1.807) is 19.5 Å². The first-order chi connectivity index (χ1) is 9.79. The van der Waals surface area contributed by atoms with Crippen LogP contribution in [0, 0.1) is 6.92 Å². The fourth-order valence-electron chi connectivity index (χ4n) is 2.52. The van der Waals surface area contributed by atoms with E-state index in [0.29, 0.717) is 18.3 Å². The van der Waals surface area contributed by atoms with Crippen LogP contribution in [0.15, 0.2) is 27.5 Å². The molecule has 2 aromatic rings. The van der Waals surface area contributed by atoms with E-state index in [1.807, 2.05) is 6.07 Å². The van der Waals surface area contributed by atoms with Gasteiger partial charge in [0.2, 0.25) is 0 Å². The maximum absolute atomic E-state index is 5.87. The van der Waals surface area contributed by atoms with Crippen LogP contribution >= 0.6 is 0 Å². The van der Waals surface area contributed by atoms with E-state index in [4.69, 9.17) is 13.7 Å². The van der Waals surface area contributed by atoms with Crippen LogP contribution in [0.1, 0.15) is 30.1 Å². The van der Waals surface area contributed by atoms with Gasteiger partial charge in [0.1, 0.15) is 6.61 Å². The zero-order valence-electron chi connectivity index (χ0n) is 11.6. The molecule has 20 heavy (non-hydrogen) atoms. The van der Waals surface area contributed by atoms with Crippen molar-refractivity contribution < 1.29 is 13.7 Å². The lowest BCUT2D eigenvalue weighted by atomic mass is 10.1. The van der Waals surface area contributed by atoms with Gasteiger partial charge in [-0.2, -0.15) is 4.98 Å². The van der Waals surface area contributed by atoms with Gasteiger partial charge in [0.05, 0.1) is 18.6 Å². The molecule has 2 aromatic heterocycles. The molecule has 6 heteroatoms. The summed E-state index contributed by atoms with van der Waals surface area (Å²) in [5.41, 5.74) is 1.21. The van der Waals surface area contributed by atoms with Crippen LogP contribution in [0.2, 0.25) is 0 Å². The molecule has 3 heterocycles. The Morgan fingerprint density at radius 1 is 1.50 bits per heavy atom. The van der Waals surface area contributed by atoms with E-state index < -0.39 is 0 Å². The van der Waals surface area contributed by atoms with Crippen molar-refractivity contribution in [2.24, 2.45) is 0 Å². The molecule has 0 amide bonds. The lowest BCUT2D eigenvalue weighted by molar-refractivity contribution is -0.0211. The van der Waals surface area contributed by atoms with E-state index in [-0.39, 0.29) is 6.10 Å². The van der Waals surface area contributed by atoms with Crippen LogP contribution in [0.4, 0.5) is 0 Å². The first-order valence-electron chi connectivity index (χ1n) is 6.94. The molecule has 1 fully saturated rings. The molecule has 0 aliphatic carbocycles. The lowest BCUT2D eigenvalue weighted by Crippen LogP contribution is -2.39. The van der Waals surface area contributed by atoms with Gasteiger partial charge in [0.25, 0.3) is 5.89 Å². The van der Waals surface area contributed by atoms with Gasteiger partial charge in [0, 0.05) is 18.7 Å². The average Bonchev–Trinajstić information content (AvgIpc) is 3.09. The SMILES string of the molecule is Cc1noc(COC2CCCN(Cc3ccoc3)C2)n1. The van der Waals surface area contributed by atoms with Crippen molar-refractivity contribution in [1.82, 2.24) is 15.0 Å². The fourth-order valence-corrected chi connectivity index (χ4v) is 2.52. The zero-order valence-corrected chi connectivity index (χ0v) is 11.6. The highest BCUT2D eigenvalue weighted by Gasteiger charge is 2.21. The Bertz CT molecular complexity index is 524. The third-order valence-electron chi connectivity index (χ3n) is 3.46. The molecule has 0 saturated carbocycles. The minimum absolute atomic E-state index is 0.225. The second-order valence-corrected chi connectivity index (χ2v) is 5.18.